The van der Waals surface area contributed by atoms with Gasteiger partial charge in [-0.1, -0.05) is 194 Å². The Morgan fingerprint density at radius 1 is 0.246 bits per heavy atom. The normalized spacial score (nSPS) is 13.3. The standard InChI is InChI=1S/C67H38S2/c1-2-18-40-39(17-1)37-54(66-65(40)49-21-5-10-32-57(49)67(66)55-30-8-3-19-43(55)44-20-4-9-31-56(44)67)62-47-26-13-24-41(45-28-15-35-60-63(45)50-22-6-11-33-58(50)68-60)52(47)38-53-42(25-14-27-48(53)62)46-29-16-36-61-64(46)51-23-7-12-34-59(51)69-61/h1-38H. The largest absolute Gasteiger partial charge is 0.135 e. The molecule has 0 saturated carbocycles. The maximum Gasteiger partial charge on any atom is 0.0731 e. The molecular weight excluding hydrogens is 869 g/mol. The SMILES string of the molecule is c1ccc2c(c1)-c1ccccc1C21c2ccccc2-c2c1c(-c1c3cccc(-c4cccc5sc6ccccc6c45)c3cc3c(-c4cccc5sc6ccccc6c45)cccc13)cc1ccccc21. The van der Waals surface area contributed by atoms with Gasteiger partial charge in [0.25, 0.3) is 0 Å². The van der Waals surface area contributed by atoms with E-state index in [1.54, 1.807) is 0 Å². The van der Waals surface area contributed by atoms with E-state index < -0.39 is 5.41 Å². The van der Waals surface area contributed by atoms with Gasteiger partial charge in [-0.3, -0.25) is 0 Å². The zero-order chi connectivity index (χ0) is 45.0. The van der Waals surface area contributed by atoms with Crippen LogP contribution in [-0.2, 0) is 5.41 Å². The second-order valence-corrected chi connectivity index (χ2v) is 21.1. The topological polar surface area (TPSA) is 0 Å². The summed E-state index contributed by atoms with van der Waals surface area (Å²) in [5, 5.41) is 12.9. The van der Waals surface area contributed by atoms with Gasteiger partial charge in [-0.25, -0.2) is 0 Å². The van der Waals surface area contributed by atoms with Crippen molar-refractivity contribution in [3.8, 4) is 55.6 Å². The van der Waals surface area contributed by atoms with Crippen molar-refractivity contribution in [2.45, 2.75) is 5.41 Å². The Morgan fingerprint density at radius 2 is 0.652 bits per heavy atom. The number of fused-ring (bicyclic) bond motifs is 20. The van der Waals surface area contributed by atoms with E-state index >= 15 is 0 Å². The van der Waals surface area contributed by atoms with Crippen molar-refractivity contribution < 1.29 is 0 Å². The molecule has 0 unspecified atom stereocenters. The summed E-state index contributed by atoms with van der Waals surface area (Å²) in [6, 6.07) is 87.9. The van der Waals surface area contributed by atoms with Crippen molar-refractivity contribution in [1.82, 2.24) is 0 Å². The highest BCUT2D eigenvalue weighted by Crippen LogP contribution is 2.66. The van der Waals surface area contributed by atoms with E-state index in [4.69, 9.17) is 0 Å². The van der Waals surface area contributed by atoms with Gasteiger partial charge in [0.05, 0.1) is 5.41 Å². The molecule has 1 spiro atoms. The predicted molar refractivity (Wildman–Crippen MR) is 297 cm³/mol. The van der Waals surface area contributed by atoms with E-state index in [-0.39, 0.29) is 0 Å². The molecule has 0 N–H and O–H groups in total. The lowest BCUT2D eigenvalue weighted by Gasteiger charge is -2.33. The Kier molecular flexibility index (Phi) is 7.67. The maximum absolute atomic E-state index is 2.55. The van der Waals surface area contributed by atoms with Crippen molar-refractivity contribution >= 4 is 95.3 Å². The van der Waals surface area contributed by atoms with Crippen LogP contribution in [0.3, 0.4) is 0 Å². The van der Waals surface area contributed by atoms with Gasteiger partial charge >= 0.3 is 0 Å². The Bertz CT molecular complexity index is 4340. The lowest BCUT2D eigenvalue weighted by atomic mass is 9.68. The lowest BCUT2D eigenvalue weighted by Crippen LogP contribution is -2.26. The van der Waals surface area contributed by atoms with Crippen molar-refractivity contribution in [1.29, 1.82) is 0 Å². The van der Waals surface area contributed by atoms with Crippen LogP contribution in [0.5, 0.6) is 0 Å². The minimum Gasteiger partial charge on any atom is -0.135 e. The van der Waals surface area contributed by atoms with Crippen LogP contribution in [0.15, 0.2) is 231 Å². The molecular formula is C67H38S2. The number of benzene rings is 12. The first-order valence-electron chi connectivity index (χ1n) is 23.9. The average molecular weight is 907 g/mol. The monoisotopic (exact) mass is 906 g/mol. The van der Waals surface area contributed by atoms with Crippen LogP contribution < -0.4 is 0 Å². The molecule has 0 amide bonds. The zero-order valence-electron chi connectivity index (χ0n) is 37.3. The molecule has 2 heteroatoms. The molecule has 0 nitrogen and oxygen atoms in total. The van der Waals surface area contributed by atoms with E-state index in [1.165, 1.54) is 151 Å². The lowest BCUT2D eigenvalue weighted by molar-refractivity contribution is 0.796. The minimum atomic E-state index is -0.551. The van der Waals surface area contributed by atoms with E-state index in [0.29, 0.717) is 0 Å². The summed E-state index contributed by atoms with van der Waals surface area (Å²) in [7, 11) is 0. The van der Waals surface area contributed by atoms with Crippen molar-refractivity contribution in [3.05, 3.63) is 253 Å². The fraction of sp³-hybridized carbons (Fsp3) is 0.0149. The molecule has 16 rings (SSSR count). The Labute approximate surface area is 406 Å². The van der Waals surface area contributed by atoms with Gasteiger partial charge in [0.15, 0.2) is 0 Å². The molecule has 2 aliphatic carbocycles. The highest BCUT2D eigenvalue weighted by Gasteiger charge is 2.53. The minimum absolute atomic E-state index is 0.551. The summed E-state index contributed by atoms with van der Waals surface area (Å²) >= 11 is 3.78. The highest BCUT2D eigenvalue weighted by atomic mass is 32.1. The third-order valence-corrected chi connectivity index (χ3v) is 17.9. The van der Waals surface area contributed by atoms with E-state index in [0.717, 1.165) is 0 Å². The third-order valence-electron chi connectivity index (χ3n) is 15.7. The first kappa shape index (κ1) is 37.9. The van der Waals surface area contributed by atoms with Crippen molar-refractivity contribution in [2.24, 2.45) is 0 Å². The Balaban J connectivity index is 1.12. The van der Waals surface area contributed by atoms with Crippen LogP contribution in [0.25, 0.3) is 128 Å². The van der Waals surface area contributed by atoms with E-state index in [2.05, 4.69) is 231 Å². The van der Waals surface area contributed by atoms with Crippen molar-refractivity contribution in [3.63, 3.8) is 0 Å². The summed E-state index contributed by atoms with van der Waals surface area (Å²) in [6.07, 6.45) is 0. The van der Waals surface area contributed by atoms with E-state index in [1.807, 2.05) is 22.7 Å². The van der Waals surface area contributed by atoms with Crippen LogP contribution in [0.1, 0.15) is 22.3 Å². The van der Waals surface area contributed by atoms with Gasteiger partial charge in [0.1, 0.15) is 0 Å². The Morgan fingerprint density at radius 3 is 1.23 bits per heavy atom. The summed E-state index contributed by atoms with van der Waals surface area (Å²) < 4.78 is 5.26. The summed E-state index contributed by atoms with van der Waals surface area (Å²) in [4.78, 5) is 0. The summed E-state index contributed by atoms with van der Waals surface area (Å²) in [6.45, 7) is 0. The molecule has 0 aliphatic heterocycles. The molecule has 318 valence electrons. The molecule has 2 aromatic heterocycles. The first-order chi connectivity index (χ1) is 34.3. The fourth-order valence-electron chi connectivity index (χ4n) is 13.1. The van der Waals surface area contributed by atoms with Crippen LogP contribution in [0.2, 0.25) is 0 Å². The van der Waals surface area contributed by atoms with E-state index in [9.17, 15) is 0 Å². The van der Waals surface area contributed by atoms with Crippen LogP contribution in [0, 0.1) is 0 Å². The quantitative estimate of drug-likeness (QED) is 0.155. The second kappa shape index (κ2) is 14.0. The molecule has 0 bridgehead atoms. The Hall–Kier alpha value is -8.14. The summed E-state index contributed by atoms with van der Waals surface area (Å²) in [5.74, 6) is 0. The third kappa shape index (κ3) is 4.92. The average Bonchev–Trinajstić information content (AvgIpc) is 4.15. The van der Waals surface area contributed by atoms with Crippen molar-refractivity contribution in [2.75, 3.05) is 0 Å². The molecule has 14 aromatic rings. The summed E-state index contributed by atoms with van der Waals surface area (Å²) in [5.41, 5.74) is 17.8. The molecule has 69 heavy (non-hydrogen) atoms. The first-order valence-corrected chi connectivity index (χ1v) is 25.5. The molecule has 12 aromatic carbocycles. The van der Waals surface area contributed by atoms with Gasteiger partial charge in [-0.15, -0.1) is 22.7 Å². The van der Waals surface area contributed by atoms with Gasteiger partial charge < -0.3 is 0 Å². The number of hydrogen-bond donors (Lipinski definition) is 0. The van der Waals surface area contributed by atoms with Gasteiger partial charge in [-0.05, 0) is 147 Å². The zero-order valence-corrected chi connectivity index (χ0v) is 38.9. The maximum atomic E-state index is 2.55. The number of rotatable bonds is 3. The smallest absolute Gasteiger partial charge is 0.0731 e. The fourth-order valence-corrected chi connectivity index (χ4v) is 15.4. The van der Waals surface area contributed by atoms with Gasteiger partial charge in [-0.2, -0.15) is 0 Å². The molecule has 2 heterocycles. The van der Waals surface area contributed by atoms with Gasteiger partial charge in [0, 0.05) is 40.3 Å². The molecule has 0 fully saturated rings. The molecule has 2 aliphatic rings. The number of hydrogen-bond acceptors (Lipinski definition) is 2. The highest BCUT2D eigenvalue weighted by molar-refractivity contribution is 7.26. The predicted octanol–water partition coefficient (Wildman–Crippen LogP) is 19.2. The number of thiophene rings is 2. The molecule has 0 radical (unpaired) electrons. The molecule has 0 saturated heterocycles. The second-order valence-electron chi connectivity index (χ2n) is 18.9. The van der Waals surface area contributed by atoms with Crippen LogP contribution in [0.4, 0.5) is 0 Å². The van der Waals surface area contributed by atoms with Gasteiger partial charge in [0.2, 0.25) is 0 Å². The molecule has 0 atom stereocenters. The van der Waals surface area contributed by atoms with Crippen LogP contribution in [-0.4, -0.2) is 0 Å². The van der Waals surface area contributed by atoms with Crippen LogP contribution >= 0.6 is 22.7 Å².